The van der Waals surface area contributed by atoms with Crippen LogP contribution in [0.1, 0.15) is 13.8 Å². The summed E-state index contributed by atoms with van der Waals surface area (Å²) in [6, 6.07) is -1.07. The lowest BCUT2D eigenvalue weighted by Crippen LogP contribution is -2.34. The number of esters is 1. The lowest BCUT2D eigenvalue weighted by atomic mass is 10.3. The lowest BCUT2D eigenvalue weighted by molar-refractivity contribution is -0.144. The van der Waals surface area contributed by atoms with Gasteiger partial charge in [0.2, 0.25) is 0 Å². The Morgan fingerprint density at radius 3 is 2.12 bits per heavy atom. The van der Waals surface area contributed by atoms with Gasteiger partial charge in [0.05, 0.1) is 12.6 Å². The molecule has 0 heterocycles. The number of Topliss-reactive ketones (excluding diaryl/α,β-unsaturated/α-hetero) is 1. The molecule has 0 saturated carbocycles. The summed E-state index contributed by atoms with van der Waals surface area (Å²) >= 11 is 0. The molecule has 0 amide bonds. The summed E-state index contributed by atoms with van der Waals surface area (Å²) in [5.41, 5.74) is 11.1. The second-order valence-corrected chi connectivity index (χ2v) is 5.70. The monoisotopic (exact) mass is 266 g/mol. The van der Waals surface area contributed by atoms with Crippen molar-refractivity contribution in [3.63, 3.8) is 0 Å². The highest BCUT2D eigenvalue weighted by Gasteiger charge is 2.15. The third-order valence-electron chi connectivity index (χ3n) is 1.69. The van der Waals surface area contributed by atoms with Crippen LogP contribution in [0.25, 0.3) is 0 Å². The van der Waals surface area contributed by atoms with Crippen molar-refractivity contribution in [2.75, 3.05) is 18.1 Å². The van der Waals surface area contributed by atoms with Crippen LogP contribution in [0.2, 0.25) is 0 Å². The third-order valence-corrected chi connectivity index (χ3v) is 4.16. The summed E-state index contributed by atoms with van der Waals surface area (Å²) in [5, 5.41) is 0. The van der Waals surface area contributed by atoms with E-state index in [2.05, 4.69) is 0 Å². The molecule has 0 aromatic rings. The molecule has 0 aliphatic rings. The van der Waals surface area contributed by atoms with E-state index < -0.39 is 18.1 Å². The van der Waals surface area contributed by atoms with Crippen LogP contribution in [0.3, 0.4) is 0 Å². The van der Waals surface area contributed by atoms with Crippen LogP contribution >= 0.6 is 21.6 Å². The Balaban J connectivity index is 3.58. The number of rotatable bonds is 8. The zero-order valence-electron chi connectivity index (χ0n) is 9.47. The Hall–Kier alpha value is -0.240. The molecule has 0 bridgehead atoms. The normalized spacial score (nSPS) is 14.2. The number of ether oxygens (including phenoxy) is 1. The number of hydrogen-bond acceptors (Lipinski definition) is 7. The average Bonchev–Trinajstić information content (AvgIpc) is 2.23. The Morgan fingerprint density at radius 1 is 1.19 bits per heavy atom. The van der Waals surface area contributed by atoms with E-state index in [4.69, 9.17) is 16.2 Å². The van der Waals surface area contributed by atoms with E-state index in [0.29, 0.717) is 18.1 Å². The van der Waals surface area contributed by atoms with Crippen LogP contribution < -0.4 is 11.5 Å². The number of carbonyl (C=O) groups is 2. The van der Waals surface area contributed by atoms with Gasteiger partial charge in [-0.2, -0.15) is 0 Å². The summed E-state index contributed by atoms with van der Waals surface area (Å²) in [7, 11) is 2.86. The maximum Gasteiger partial charge on any atom is 0.323 e. The van der Waals surface area contributed by atoms with Crippen LogP contribution in [0.4, 0.5) is 0 Å². The van der Waals surface area contributed by atoms with Gasteiger partial charge in [-0.05, 0) is 13.8 Å². The molecule has 0 aromatic carbocycles. The fraction of sp³-hybridized carbons (Fsp3) is 0.778. The zero-order valence-corrected chi connectivity index (χ0v) is 11.1. The number of ketones is 1. The number of hydrogen-bond donors (Lipinski definition) is 2. The van der Waals surface area contributed by atoms with Gasteiger partial charge in [0.15, 0.2) is 0 Å². The second-order valence-electron chi connectivity index (χ2n) is 3.14. The standard InChI is InChI=1S/C9H18N2O3S2/c1-3-14-9(13)8(11)5-16-15-4-7(10)6(2)12/h7-8H,3-5,10-11H2,1-2H3/t7-,8-/m0/s1. The first-order chi connectivity index (χ1) is 7.49. The van der Waals surface area contributed by atoms with Crippen molar-refractivity contribution in [2.24, 2.45) is 11.5 Å². The van der Waals surface area contributed by atoms with Crippen molar-refractivity contribution in [3.8, 4) is 0 Å². The highest BCUT2D eigenvalue weighted by Crippen LogP contribution is 2.22. The van der Waals surface area contributed by atoms with Crippen LogP contribution in [0.5, 0.6) is 0 Å². The molecule has 0 rings (SSSR count). The summed E-state index contributed by atoms with van der Waals surface area (Å²) < 4.78 is 4.75. The van der Waals surface area contributed by atoms with Crippen molar-refractivity contribution in [1.29, 1.82) is 0 Å². The molecular formula is C9H18N2O3S2. The largest absolute Gasteiger partial charge is 0.465 e. The smallest absolute Gasteiger partial charge is 0.323 e. The topological polar surface area (TPSA) is 95.4 Å². The Labute approximate surface area is 103 Å². The van der Waals surface area contributed by atoms with Gasteiger partial charge in [0.1, 0.15) is 11.8 Å². The Bertz CT molecular complexity index is 239. The summed E-state index contributed by atoms with van der Waals surface area (Å²) in [6.07, 6.45) is 0. The fourth-order valence-corrected chi connectivity index (χ4v) is 2.99. The summed E-state index contributed by atoms with van der Waals surface area (Å²) in [5.74, 6) is 0.540. The van der Waals surface area contributed by atoms with E-state index in [1.807, 2.05) is 0 Å². The van der Waals surface area contributed by atoms with Crippen LogP contribution in [-0.2, 0) is 14.3 Å². The molecule has 5 nitrogen and oxygen atoms in total. The van der Waals surface area contributed by atoms with Gasteiger partial charge in [-0.1, -0.05) is 21.6 Å². The molecule has 0 saturated heterocycles. The Morgan fingerprint density at radius 2 is 1.69 bits per heavy atom. The molecule has 0 aliphatic carbocycles. The van der Waals surface area contributed by atoms with E-state index in [0.717, 1.165) is 0 Å². The van der Waals surface area contributed by atoms with Crippen molar-refractivity contribution in [3.05, 3.63) is 0 Å². The van der Waals surface area contributed by atoms with Gasteiger partial charge >= 0.3 is 5.97 Å². The molecule has 94 valence electrons. The van der Waals surface area contributed by atoms with Crippen molar-refractivity contribution in [2.45, 2.75) is 25.9 Å². The molecule has 4 N–H and O–H groups in total. The van der Waals surface area contributed by atoms with Crippen LogP contribution in [0.15, 0.2) is 0 Å². The first kappa shape index (κ1) is 15.8. The molecular weight excluding hydrogens is 248 g/mol. The molecule has 0 fully saturated rings. The quantitative estimate of drug-likeness (QED) is 0.367. The SMILES string of the molecule is CCOC(=O)[C@@H](N)CSSC[C@H](N)C(C)=O. The predicted octanol–water partition coefficient (Wildman–Crippen LogP) is 0.175. The maximum absolute atomic E-state index is 11.1. The molecule has 0 unspecified atom stereocenters. The number of nitrogens with two attached hydrogens (primary N) is 2. The van der Waals surface area contributed by atoms with Gasteiger partial charge < -0.3 is 16.2 Å². The third kappa shape index (κ3) is 7.10. The second kappa shape index (κ2) is 8.86. The summed E-state index contributed by atoms with van der Waals surface area (Å²) in [6.45, 7) is 3.53. The fourth-order valence-electron chi connectivity index (χ4n) is 0.678. The predicted molar refractivity (Wildman–Crippen MR) is 68.2 cm³/mol. The van der Waals surface area contributed by atoms with Crippen molar-refractivity contribution in [1.82, 2.24) is 0 Å². The van der Waals surface area contributed by atoms with Crippen LogP contribution in [0, 0.1) is 0 Å². The van der Waals surface area contributed by atoms with Crippen LogP contribution in [-0.4, -0.2) is 41.9 Å². The molecule has 0 radical (unpaired) electrons. The van der Waals surface area contributed by atoms with E-state index in [9.17, 15) is 9.59 Å². The minimum atomic E-state index is -0.619. The average molecular weight is 266 g/mol. The molecule has 2 atom stereocenters. The molecule has 0 aromatic heterocycles. The van der Waals surface area contributed by atoms with Gasteiger partial charge in [0, 0.05) is 11.5 Å². The molecule has 7 heteroatoms. The first-order valence-corrected chi connectivity index (χ1v) is 7.40. The highest BCUT2D eigenvalue weighted by molar-refractivity contribution is 8.76. The van der Waals surface area contributed by atoms with Gasteiger partial charge in [-0.15, -0.1) is 0 Å². The maximum atomic E-state index is 11.1. The minimum Gasteiger partial charge on any atom is -0.465 e. The van der Waals surface area contributed by atoms with E-state index in [1.165, 1.54) is 28.5 Å². The zero-order chi connectivity index (χ0) is 12.6. The van der Waals surface area contributed by atoms with Gasteiger partial charge in [0.25, 0.3) is 0 Å². The minimum absolute atomic E-state index is 0.0391. The van der Waals surface area contributed by atoms with Crippen molar-refractivity contribution < 1.29 is 14.3 Å². The number of carbonyl (C=O) groups excluding carboxylic acids is 2. The molecule has 0 spiro atoms. The van der Waals surface area contributed by atoms with Gasteiger partial charge in [-0.25, -0.2) is 0 Å². The molecule has 0 aliphatic heterocycles. The first-order valence-electron chi connectivity index (χ1n) is 4.91. The van der Waals surface area contributed by atoms with E-state index in [-0.39, 0.29) is 5.78 Å². The van der Waals surface area contributed by atoms with E-state index >= 15 is 0 Å². The Kier molecular flexibility index (Phi) is 8.73. The molecule has 16 heavy (non-hydrogen) atoms. The highest BCUT2D eigenvalue weighted by atomic mass is 33.1. The van der Waals surface area contributed by atoms with Gasteiger partial charge in [-0.3, -0.25) is 9.59 Å². The van der Waals surface area contributed by atoms with Crippen molar-refractivity contribution >= 4 is 33.3 Å². The summed E-state index contributed by atoms with van der Waals surface area (Å²) in [4.78, 5) is 21.9. The van der Waals surface area contributed by atoms with E-state index in [1.54, 1.807) is 6.92 Å². The lowest BCUT2D eigenvalue weighted by Gasteiger charge is -2.10.